The van der Waals surface area contributed by atoms with Gasteiger partial charge in [0.25, 0.3) is 0 Å². The fourth-order valence-electron chi connectivity index (χ4n) is 11.4. The Balaban J connectivity index is 1.33. The molecule has 1 aromatic carbocycles. The van der Waals surface area contributed by atoms with Crippen molar-refractivity contribution in [1.29, 1.82) is 0 Å². The molecule has 5 aliphatic heterocycles. The Hall–Kier alpha value is -4.77. The van der Waals surface area contributed by atoms with E-state index in [0.717, 1.165) is 12.0 Å². The van der Waals surface area contributed by atoms with Gasteiger partial charge in [-0.15, -0.1) is 0 Å². The van der Waals surface area contributed by atoms with Gasteiger partial charge in [-0.3, -0.25) is 4.79 Å². The van der Waals surface area contributed by atoms with Crippen LogP contribution in [0.4, 0.5) is 5.95 Å². The molecular weight excluding hydrogens is 847 g/mol. The number of ketones is 1. The summed E-state index contributed by atoms with van der Waals surface area (Å²) in [6.07, 6.45) is 9.16. The standard InChI is InChI=1S/C51H65N3O12/c1-25(2)13-12-18-49(10)19-17-30-40(65-49)29(15-14-26(3)4)42-34(41(30)63-46-39(56)38(55)43-33(62-46)24-61-48(8,9)64-43)36-35-37(54-22-21-52-47(54)53-36)31-23-32(27(5)6)51(35,66-42)50(59,44(31)57)20-16-28(7)45(58)60-11/h13-14,16-17,19,21-22,27,31-33,37-39,43,46,55-56,59H,12,15,18,20,23-24H2,1-11H3,(H,52,53)/b28-16-/t31?,32?,33-,37?,38-,39-,43-,46+,49?,50?,51?/m0/s1. The quantitative estimate of drug-likeness (QED) is 0.103. The number of benzene rings is 1. The molecule has 15 heteroatoms. The maximum Gasteiger partial charge on any atom is 0.333 e. The molecule has 4 N–H and O–H groups in total. The molecule has 15 nitrogen and oxygen atoms in total. The number of allylic oxidation sites excluding steroid dienone is 4. The van der Waals surface area contributed by atoms with E-state index in [1.807, 2.05) is 43.7 Å². The highest BCUT2D eigenvalue weighted by atomic mass is 16.8. The lowest BCUT2D eigenvalue weighted by molar-refractivity contribution is -0.373. The number of hydrogen-bond acceptors (Lipinski definition) is 14. The molecule has 3 aliphatic carbocycles. The minimum Gasteiger partial charge on any atom is -0.482 e. The third-order valence-corrected chi connectivity index (χ3v) is 14.7. The molecule has 11 atom stereocenters. The van der Waals surface area contributed by atoms with Crippen LogP contribution in [-0.2, 0) is 35.0 Å². The van der Waals surface area contributed by atoms with E-state index in [1.54, 1.807) is 33.0 Å². The number of fused-ring (bicyclic) bond motifs is 7. The largest absolute Gasteiger partial charge is 0.482 e. The first-order chi connectivity index (χ1) is 31.1. The zero-order valence-corrected chi connectivity index (χ0v) is 39.9. The van der Waals surface area contributed by atoms with Crippen molar-refractivity contribution in [3.63, 3.8) is 0 Å². The van der Waals surface area contributed by atoms with Gasteiger partial charge in [-0.05, 0) is 99.1 Å². The van der Waals surface area contributed by atoms with Gasteiger partial charge in [0.1, 0.15) is 47.3 Å². The zero-order chi connectivity index (χ0) is 47.4. The molecule has 8 aliphatic rings. The Morgan fingerprint density at radius 1 is 1.05 bits per heavy atom. The van der Waals surface area contributed by atoms with E-state index in [-0.39, 0.29) is 36.1 Å². The van der Waals surface area contributed by atoms with Crippen LogP contribution in [0.1, 0.15) is 118 Å². The third kappa shape index (κ3) is 7.18. The van der Waals surface area contributed by atoms with Gasteiger partial charge >= 0.3 is 5.97 Å². The molecule has 10 rings (SSSR count). The zero-order valence-electron chi connectivity index (χ0n) is 39.9. The van der Waals surface area contributed by atoms with Gasteiger partial charge in [0, 0.05) is 47.4 Å². The van der Waals surface area contributed by atoms with Gasteiger partial charge in [0.15, 0.2) is 22.8 Å². The van der Waals surface area contributed by atoms with E-state index in [2.05, 4.69) is 45.2 Å². The predicted molar refractivity (Wildman–Crippen MR) is 244 cm³/mol. The second kappa shape index (κ2) is 16.5. The molecule has 6 heterocycles. The summed E-state index contributed by atoms with van der Waals surface area (Å²) in [7, 11) is 1.29. The summed E-state index contributed by atoms with van der Waals surface area (Å²) in [5.41, 5.74) is 0.676. The molecule has 1 aromatic heterocycles. The second-order valence-electron chi connectivity index (χ2n) is 20.6. The Bertz CT molecular complexity index is 2490. The molecule has 3 saturated carbocycles. The molecular formula is C51H65N3O12. The second-order valence-corrected chi connectivity index (χ2v) is 20.6. The summed E-state index contributed by atoms with van der Waals surface area (Å²) >= 11 is 0. The van der Waals surface area contributed by atoms with Crippen LogP contribution in [0.3, 0.4) is 0 Å². The van der Waals surface area contributed by atoms with Crippen LogP contribution < -0.4 is 19.5 Å². The number of carbonyl (C=O) groups excluding carboxylic acids is 2. The summed E-state index contributed by atoms with van der Waals surface area (Å²) in [6, 6.07) is -0.616. The molecule has 5 fully saturated rings. The summed E-state index contributed by atoms with van der Waals surface area (Å²) in [5, 5.41) is 40.7. The van der Waals surface area contributed by atoms with E-state index < -0.39 is 77.1 Å². The number of aliphatic hydroxyl groups excluding tert-OH is 2. The van der Waals surface area contributed by atoms with Gasteiger partial charge < -0.3 is 58.4 Å². The number of carbonyl (C=O) groups is 2. The van der Waals surface area contributed by atoms with Crippen LogP contribution in [0, 0.1) is 17.8 Å². The van der Waals surface area contributed by atoms with Crippen molar-refractivity contribution in [3.8, 4) is 17.2 Å². The fourth-order valence-corrected chi connectivity index (χ4v) is 11.4. The van der Waals surface area contributed by atoms with Crippen LogP contribution in [-0.4, -0.2) is 104 Å². The van der Waals surface area contributed by atoms with Gasteiger partial charge in [0.05, 0.1) is 36.6 Å². The van der Waals surface area contributed by atoms with Crippen LogP contribution in [0.25, 0.3) is 11.8 Å². The van der Waals surface area contributed by atoms with Gasteiger partial charge in [-0.25, -0.2) is 9.78 Å². The highest BCUT2D eigenvalue weighted by molar-refractivity contribution is 6.02. The van der Waals surface area contributed by atoms with Crippen molar-refractivity contribution in [1.82, 2.24) is 9.55 Å². The molecule has 356 valence electrons. The molecule has 6 unspecified atom stereocenters. The summed E-state index contributed by atoms with van der Waals surface area (Å²) in [5.74, 6) is -1.70. The maximum atomic E-state index is 15.3. The SMILES string of the molecule is COC(=O)/C(C)=C\CC1(O)C(=O)C2CC(C(C)C)C13Oc1c(CC=C(C)C)c4c(c(O[C@H]5O[C@H]6COC(C)(C)O[C@@H]6[C@@H](O)[C@@H]5O)c1C1=C3C2n2ccnc2N1)C=CC(C)(CCC=C(C)C)O4. The number of anilines is 1. The number of ether oxygens (including phenoxy) is 7. The maximum absolute atomic E-state index is 15.3. The number of aliphatic hydroxyl groups is 3. The molecule has 2 aromatic rings. The van der Waals surface area contributed by atoms with Gasteiger partial charge in [-0.1, -0.05) is 43.2 Å². The lowest BCUT2D eigenvalue weighted by Crippen LogP contribution is -2.78. The van der Waals surface area contributed by atoms with Crippen LogP contribution in [0.5, 0.6) is 17.2 Å². The van der Waals surface area contributed by atoms with Crippen molar-refractivity contribution < 1.29 is 58.1 Å². The average molecular weight is 912 g/mol. The van der Waals surface area contributed by atoms with Gasteiger partial charge in [-0.2, -0.15) is 0 Å². The Morgan fingerprint density at radius 2 is 1.79 bits per heavy atom. The molecule has 2 saturated heterocycles. The number of esters is 1. The summed E-state index contributed by atoms with van der Waals surface area (Å²) < 4.78 is 47.4. The first kappa shape index (κ1) is 46.3. The number of aromatic nitrogens is 2. The summed E-state index contributed by atoms with van der Waals surface area (Å²) in [4.78, 5) is 32.9. The highest BCUT2D eigenvalue weighted by Gasteiger charge is 2.76. The predicted octanol–water partition coefficient (Wildman–Crippen LogP) is 6.90. The van der Waals surface area contributed by atoms with Crippen molar-refractivity contribution in [2.45, 2.75) is 161 Å². The highest BCUT2D eigenvalue weighted by Crippen LogP contribution is 2.69. The number of hydrogen-bond donors (Lipinski definition) is 4. The van der Waals surface area contributed by atoms with Crippen LogP contribution >= 0.6 is 0 Å². The lowest BCUT2D eigenvalue weighted by atomic mass is 9.46. The lowest BCUT2D eigenvalue weighted by Gasteiger charge is -2.66. The molecule has 1 spiro atoms. The number of nitrogens with one attached hydrogen (secondary N) is 1. The minimum atomic E-state index is -2.17. The number of nitrogens with zero attached hydrogens (tertiary/aromatic N) is 2. The molecule has 0 radical (unpaired) electrons. The smallest absolute Gasteiger partial charge is 0.333 e. The fraction of sp³-hybridized carbons (Fsp3) is 0.588. The monoisotopic (exact) mass is 911 g/mol. The van der Waals surface area contributed by atoms with Crippen LogP contribution in [0.15, 0.2) is 59.0 Å². The van der Waals surface area contributed by atoms with E-state index >= 15 is 4.79 Å². The normalized spacial score (nSPS) is 34.4. The number of methoxy groups -OCH3 is 1. The number of imidazole rings is 1. The first-order valence-corrected chi connectivity index (χ1v) is 23.3. The molecule has 2 bridgehead atoms. The third-order valence-electron chi connectivity index (χ3n) is 14.7. The van der Waals surface area contributed by atoms with E-state index in [4.69, 9.17) is 38.1 Å². The van der Waals surface area contributed by atoms with E-state index in [1.165, 1.54) is 12.7 Å². The minimum absolute atomic E-state index is 0.0769. The molecule has 0 amide bonds. The first-order valence-electron chi connectivity index (χ1n) is 23.3. The van der Waals surface area contributed by atoms with Crippen molar-refractivity contribution >= 4 is 29.5 Å². The van der Waals surface area contributed by atoms with Crippen molar-refractivity contribution in [3.05, 3.63) is 75.7 Å². The Labute approximate surface area is 386 Å². The molecule has 66 heavy (non-hydrogen) atoms. The van der Waals surface area contributed by atoms with Gasteiger partial charge in [0.2, 0.25) is 12.2 Å². The Morgan fingerprint density at radius 3 is 2.48 bits per heavy atom. The van der Waals surface area contributed by atoms with Crippen molar-refractivity contribution in [2.24, 2.45) is 17.8 Å². The van der Waals surface area contributed by atoms with Crippen molar-refractivity contribution in [2.75, 3.05) is 19.0 Å². The topological polar surface area (TPSA) is 189 Å². The van der Waals surface area contributed by atoms with Crippen LogP contribution in [0.2, 0.25) is 0 Å². The van der Waals surface area contributed by atoms with E-state index in [0.29, 0.717) is 64.7 Å². The average Bonchev–Trinajstić information content (AvgIpc) is 3.74. The summed E-state index contributed by atoms with van der Waals surface area (Å²) in [6.45, 7) is 19.5. The van der Waals surface area contributed by atoms with E-state index in [9.17, 15) is 20.1 Å². The number of Topliss-reactive ketones (excluding diaryl/α,β-unsaturated/α-hetero) is 1. The number of rotatable bonds is 11. The Kier molecular flexibility index (Phi) is 11.6.